The minimum absolute atomic E-state index is 0.000395. The van der Waals surface area contributed by atoms with Crippen LogP contribution in [-0.2, 0) is 25.6 Å². The van der Waals surface area contributed by atoms with Gasteiger partial charge in [0.25, 0.3) is 5.91 Å². The summed E-state index contributed by atoms with van der Waals surface area (Å²) in [4.78, 5) is 81.0. The summed E-state index contributed by atoms with van der Waals surface area (Å²) < 4.78 is 74.6. The van der Waals surface area contributed by atoms with E-state index >= 15 is 13.2 Å². The number of halogens is 3. The molecule has 0 saturated carbocycles. The van der Waals surface area contributed by atoms with Crippen LogP contribution in [-0.4, -0.2) is 201 Å². The van der Waals surface area contributed by atoms with Crippen molar-refractivity contribution in [3.8, 4) is 34.5 Å². The van der Waals surface area contributed by atoms with Crippen LogP contribution < -0.4 is 24.6 Å². The summed E-state index contributed by atoms with van der Waals surface area (Å²) in [6, 6.07) is 8.83. The van der Waals surface area contributed by atoms with Crippen molar-refractivity contribution in [1.29, 1.82) is 0 Å². The number of nitrogens with zero attached hydrogens (tertiary/aromatic N) is 10. The van der Waals surface area contributed by atoms with Crippen molar-refractivity contribution in [3.63, 3.8) is 0 Å². The lowest BCUT2D eigenvalue weighted by molar-refractivity contribution is -0.136. The molecule has 0 aliphatic carbocycles. The molecule has 23 heteroatoms. The highest BCUT2D eigenvalue weighted by molar-refractivity contribution is 6.90. The van der Waals surface area contributed by atoms with E-state index in [-0.39, 0.29) is 91.1 Å². The predicted molar refractivity (Wildman–Crippen MR) is 363 cm³/mol. The van der Waals surface area contributed by atoms with Crippen LogP contribution in [0.2, 0.25) is 16.6 Å². The smallest absolute Gasteiger partial charge is 0.410 e. The number of ether oxygens (including phenoxy) is 4. The lowest BCUT2D eigenvalue weighted by Gasteiger charge is -2.42. The second kappa shape index (κ2) is 28.2. The Kier molecular flexibility index (Phi) is 20.1. The standard InChI is InChI=1S/C72H94F3N11O8Si/c1-44(2)95(45(3)4,46(5)6)34-23-54-58(73)15-11-49-35-52(93-43-91-10)36-55(62(49)54)65-64(75)66-56(37-76-65)67(84-40-50-12-13-51(41-84)86(50)71(90)94-72(7,8)9)79-70(78-66)92-33-32-80-24-19-47(20-25-80)38-81-28-30-82(31-29-81)39-48-21-26-83(27-22-48)59-16-14-53-57(63(59)74)42-85(69(53)89)60-17-18-61(87)77-68(60)88/h11,14-16,35-37,44-48,50-51,60H,12-13,17-22,24-33,38-43H2,1-10H3,(H,77,87,88). The monoisotopic (exact) mass is 1330 g/mol. The van der Waals surface area contributed by atoms with Gasteiger partial charge >= 0.3 is 12.1 Å². The summed E-state index contributed by atoms with van der Waals surface area (Å²) in [6.45, 7) is 30.0. The summed E-state index contributed by atoms with van der Waals surface area (Å²) in [7, 11) is -0.837. The van der Waals surface area contributed by atoms with E-state index in [0.29, 0.717) is 92.6 Å². The molecule has 0 radical (unpaired) electrons. The van der Waals surface area contributed by atoms with Crippen molar-refractivity contribution in [1.82, 2.24) is 44.8 Å². The average molecular weight is 1330 g/mol. The van der Waals surface area contributed by atoms with E-state index in [2.05, 4.69) is 82.8 Å². The number of amides is 4. The number of aromatic nitrogens is 3. The first-order chi connectivity index (χ1) is 45.5. The SMILES string of the molecule is COCOc1cc(-c2ncc3c(N4CC5CCC(C4)N5C(=O)OC(C)(C)C)nc(OCCN4CCC(CN5CCN(CC6CCN(c7ccc8c(c7F)CN(C7CCC(=O)NC7=O)C8=O)CC6)CC5)CC4)nc3c2F)c2c(C#C[Si](C(C)C)(C(C)C)C(C)C)c(F)ccc2c1. The van der Waals surface area contributed by atoms with Crippen molar-refractivity contribution in [2.75, 3.05) is 115 Å². The van der Waals surface area contributed by atoms with Crippen LogP contribution >= 0.6 is 0 Å². The van der Waals surface area contributed by atoms with Gasteiger partial charge < -0.3 is 43.4 Å². The quantitative estimate of drug-likeness (QED) is 0.0379. The second-order valence-electron chi connectivity index (χ2n) is 29.4. The van der Waals surface area contributed by atoms with Gasteiger partial charge in [0.15, 0.2) is 18.4 Å². The van der Waals surface area contributed by atoms with Gasteiger partial charge in [-0.15, -0.1) is 5.54 Å². The molecule has 95 heavy (non-hydrogen) atoms. The van der Waals surface area contributed by atoms with Gasteiger partial charge in [0.1, 0.15) is 54.9 Å². The molecule has 6 saturated heterocycles. The third-order valence-electron chi connectivity index (χ3n) is 21.4. The van der Waals surface area contributed by atoms with Crippen molar-refractivity contribution in [2.45, 2.75) is 161 Å². The van der Waals surface area contributed by atoms with Crippen LogP contribution in [0.4, 0.5) is 29.5 Å². The molecule has 3 atom stereocenters. The number of fused-ring (bicyclic) bond motifs is 5. The number of benzene rings is 3. The summed E-state index contributed by atoms with van der Waals surface area (Å²) in [5.74, 6) is 2.42. The molecule has 7 aliphatic rings. The van der Waals surface area contributed by atoms with Crippen molar-refractivity contribution < 1.29 is 51.3 Å². The highest BCUT2D eigenvalue weighted by Crippen LogP contribution is 2.44. The predicted octanol–water partition coefficient (Wildman–Crippen LogP) is 10.8. The van der Waals surface area contributed by atoms with E-state index in [1.54, 1.807) is 36.5 Å². The van der Waals surface area contributed by atoms with Gasteiger partial charge in [0.05, 0.1) is 35.3 Å². The normalized spacial score (nSPS) is 21.4. The number of piperidine rings is 3. The van der Waals surface area contributed by atoms with E-state index in [1.807, 2.05) is 25.7 Å². The molecule has 3 unspecified atom stereocenters. The molecule has 1 N–H and O–H groups in total. The Labute approximate surface area is 557 Å². The highest BCUT2D eigenvalue weighted by atomic mass is 28.3. The Balaban J connectivity index is 0.698. The van der Waals surface area contributed by atoms with Gasteiger partial charge in [-0.25, -0.2) is 18.0 Å². The van der Waals surface area contributed by atoms with E-state index in [9.17, 15) is 19.2 Å². The molecule has 0 spiro atoms. The number of imide groups is 1. The lowest BCUT2D eigenvalue weighted by atomic mass is 9.94. The van der Waals surface area contributed by atoms with Gasteiger partial charge in [-0.1, -0.05) is 53.5 Å². The molecule has 4 amide bonds. The maximum atomic E-state index is 18.2. The van der Waals surface area contributed by atoms with Gasteiger partial charge in [-0.05, 0) is 143 Å². The first-order valence-electron chi connectivity index (χ1n) is 34.5. The second-order valence-corrected chi connectivity index (χ2v) is 34.9. The number of nitrogens with one attached hydrogen (secondary N) is 1. The molecular weight excluding hydrogens is 1230 g/mol. The number of likely N-dealkylation sites (tertiary alicyclic amines) is 1. The molecule has 2 aromatic heterocycles. The number of hydrogen-bond donors (Lipinski definition) is 1. The number of anilines is 2. The third-order valence-corrected chi connectivity index (χ3v) is 27.7. The van der Waals surface area contributed by atoms with Crippen LogP contribution in [0, 0.1) is 40.8 Å². The first kappa shape index (κ1) is 67.9. The minimum atomic E-state index is -2.36. The maximum Gasteiger partial charge on any atom is 0.410 e. The van der Waals surface area contributed by atoms with Crippen molar-refractivity contribution >= 4 is 65.1 Å². The molecule has 3 aromatic carbocycles. The largest absolute Gasteiger partial charge is 0.468 e. The van der Waals surface area contributed by atoms with Crippen LogP contribution in [0.25, 0.3) is 32.9 Å². The Morgan fingerprint density at radius 3 is 2.02 bits per heavy atom. The number of hydrogen-bond acceptors (Lipinski definition) is 16. The fourth-order valence-electron chi connectivity index (χ4n) is 16.5. The maximum absolute atomic E-state index is 18.2. The van der Waals surface area contributed by atoms with Crippen LogP contribution in [0.15, 0.2) is 42.6 Å². The molecule has 6 fully saturated rings. The first-order valence-corrected chi connectivity index (χ1v) is 36.8. The number of piperazine rings is 2. The number of methoxy groups -OCH3 is 1. The Morgan fingerprint density at radius 1 is 0.747 bits per heavy atom. The van der Waals surface area contributed by atoms with Crippen LogP contribution in [0.1, 0.15) is 135 Å². The fraction of sp³-hybridized carbons (Fsp3) is 0.597. The molecule has 2 bridgehead atoms. The Hall–Kier alpha value is -7.10. The van der Waals surface area contributed by atoms with Gasteiger partial charge in [0, 0.05) is 114 Å². The minimum Gasteiger partial charge on any atom is -0.468 e. The Bertz CT molecular complexity index is 3740. The zero-order valence-electron chi connectivity index (χ0n) is 57.0. The molecular formula is C72H94F3N11O8Si. The number of rotatable bonds is 18. The van der Waals surface area contributed by atoms with Gasteiger partial charge in [-0.3, -0.25) is 34.5 Å². The average Bonchev–Trinajstić information content (AvgIpc) is 1.64. The molecule has 19 nitrogen and oxygen atoms in total. The molecule has 7 aliphatic heterocycles. The summed E-state index contributed by atoms with van der Waals surface area (Å²) >= 11 is 0. The molecule has 9 heterocycles. The van der Waals surface area contributed by atoms with Crippen molar-refractivity contribution in [2.24, 2.45) is 11.8 Å². The third kappa shape index (κ3) is 14.1. The summed E-state index contributed by atoms with van der Waals surface area (Å²) in [5.41, 5.74) is 5.45. The zero-order chi connectivity index (χ0) is 67.2. The van der Waals surface area contributed by atoms with E-state index in [1.165, 1.54) is 18.1 Å². The molecule has 12 rings (SSSR count). The van der Waals surface area contributed by atoms with Crippen LogP contribution in [0.3, 0.4) is 0 Å². The van der Waals surface area contributed by atoms with Crippen LogP contribution in [0.5, 0.6) is 11.8 Å². The number of pyridine rings is 1. The number of carbonyl (C=O) groups excluding carboxylic acids is 4. The summed E-state index contributed by atoms with van der Waals surface area (Å²) in [5, 5.41) is 3.71. The molecule has 510 valence electrons. The molecule has 5 aromatic rings. The summed E-state index contributed by atoms with van der Waals surface area (Å²) in [6.07, 6.45) is 7.21. The van der Waals surface area contributed by atoms with Gasteiger partial charge in [0.2, 0.25) is 11.8 Å². The Morgan fingerprint density at radius 2 is 1.40 bits per heavy atom. The number of carbonyl (C=O) groups is 4. The lowest BCUT2D eigenvalue weighted by Crippen LogP contribution is -2.57. The van der Waals surface area contributed by atoms with Crippen molar-refractivity contribution in [3.05, 3.63) is 76.7 Å². The van der Waals surface area contributed by atoms with Gasteiger partial charge in [-0.2, -0.15) is 9.97 Å². The van der Waals surface area contributed by atoms with E-state index in [4.69, 9.17) is 33.9 Å². The van der Waals surface area contributed by atoms with E-state index in [0.717, 1.165) is 104 Å². The topological polar surface area (TPSA) is 179 Å². The van der Waals surface area contributed by atoms with E-state index < -0.39 is 43.1 Å². The fourth-order valence-corrected chi connectivity index (χ4v) is 21.7. The zero-order valence-corrected chi connectivity index (χ0v) is 58.0. The highest BCUT2D eigenvalue weighted by Gasteiger charge is 2.47.